The number of sulfonamides is 1. The summed E-state index contributed by atoms with van der Waals surface area (Å²) >= 11 is 0. The van der Waals surface area contributed by atoms with E-state index in [9.17, 15) is 26.0 Å². The highest BCUT2D eigenvalue weighted by Gasteiger charge is 2.41. The second-order valence-electron chi connectivity index (χ2n) is 3.87. The number of nitrogens with zero attached hydrogens (tertiary/aromatic N) is 1. The first-order valence-corrected chi connectivity index (χ1v) is 6.79. The molecule has 1 aromatic carbocycles. The van der Waals surface area contributed by atoms with Gasteiger partial charge in [-0.15, -0.1) is 0 Å². The van der Waals surface area contributed by atoms with Gasteiger partial charge in [0.2, 0.25) is 10.0 Å². The van der Waals surface area contributed by atoms with Crippen LogP contribution in [0.25, 0.3) is 0 Å². The molecule has 0 aromatic heterocycles. The molecule has 0 aliphatic heterocycles. The summed E-state index contributed by atoms with van der Waals surface area (Å²) in [5.74, 6) is -4.44. The molecule has 0 heterocycles. The Morgan fingerprint density at radius 3 is 2.25 bits per heavy atom. The van der Waals surface area contributed by atoms with Crippen molar-refractivity contribution in [1.82, 2.24) is 4.72 Å². The Morgan fingerprint density at radius 1 is 1.25 bits per heavy atom. The average Bonchev–Trinajstić information content (AvgIpc) is 2.38. The molecule has 4 nitrogen and oxygen atoms in total. The third-order valence-corrected chi connectivity index (χ3v) is 3.75. The van der Waals surface area contributed by atoms with E-state index in [4.69, 9.17) is 5.26 Å². The molecule has 0 saturated heterocycles. The summed E-state index contributed by atoms with van der Waals surface area (Å²) in [4.78, 5) is -0.343. The molecule has 0 amide bonds. The van der Waals surface area contributed by atoms with Crippen LogP contribution in [0, 0.1) is 11.3 Å². The van der Waals surface area contributed by atoms with Crippen molar-refractivity contribution in [3.63, 3.8) is 0 Å². The van der Waals surface area contributed by atoms with Crippen LogP contribution in [0.2, 0.25) is 0 Å². The zero-order chi connectivity index (χ0) is 15.4. The van der Waals surface area contributed by atoms with Crippen molar-refractivity contribution in [2.45, 2.75) is 23.7 Å². The largest absolute Gasteiger partial charge is 0.320 e. The fourth-order valence-electron chi connectivity index (χ4n) is 1.23. The standard InChI is InChI=1S/C11H10F4N2O2S/c12-10(13)11(14,15)7-17-20(18,19)9-3-1-8(2-4-9)5-6-16/h1-4,10,17H,5,7H2. The number of alkyl halides is 4. The minimum Gasteiger partial charge on any atom is -0.207 e. The summed E-state index contributed by atoms with van der Waals surface area (Å²) in [6, 6.07) is 6.74. The molecule has 0 fully saturated rings. The highest BCUT2D eigenvalue weighted by molar-refractivity contribution is 7.89. The molecule has 0 bridgehead atoms. The topological polar surface area (TPSA) is 70.0 Å². The highest BCUT2D eigenvalue weighted by atomic mass is 32.2. The van der Waals surface area contributed by atoms with Gasteiger partial charge in [-0.05, 0) is 17.7 Å². The molecule has 0 radical (unpaired) electrons. The maximum atomic E-state index is 12.6. The maximum absolute atomic E-state index is 12.6. The van der Waals surface area contributed by atoms with Gasteiger partial charge in [0.15, 0.2) is 0 Å². The molecule has 110 valence electrons. The minimum absolute atomic E-state index is 0.0667. The zero-order valence-electron chi connectivity index (χ0n) is 9.98. The van der Waals surface area contributed by atoms with Crippen LogP contribution < -0.4 is 4.72 Å². The lowest BCUT2D eigenvalue weighted by atomic mass is 10.2. The van der Waals surface area contributed by atoms with Gasteiger partial charge in [0.1, 0.15) is 0 Å². The van der Waals surface area contributed by atoms with Gasteiger partial charge in [0.05, 0.1) is 23.9 Å². The summed E-state index contributed by atoms with van der Waals surface area (Å²) in [5, 5.41) is 8.44. The molecular weight excluding hydrogens is 300 g/mol. The third kappa shape index (κ3) is 4.18. The molecular formula is C11H10F4N2O2S. The van der Waals surface area contributed by atoms with Crippen LogP contribution in [0.4, 0.5) is 17.6 Å². The van der Waals surface area contributed by atoms with Crippen molar-refractivity contribution in [2.75, 3.05) is 6.54 Å². The molecule has 0 saturated carbocycles. The van der Waals surface area contributed by atoms with Crippen molar-refractivity contribution in [3.05, 3.63) is 29.8 Å². The summed E-state index contributed by atoms with van der Waals surface area (Å²) in [5.41, 5.74) is 0.546. The molecule has 1 aromatic rings. The predicted molar refractivity (Wildman–Crippen MR) is 61.9 cm³/mol. The molecule has 0 aliphatic rings. The van der Waals surface area contributed by atoms with Crippen LogP contribution >= 0.6 is 0 Å². The van der Waals surface area contributed by atoms with Gasteiger partial charge >= 0.3 is 12.3 Å². The number of hydrogen-bond acceptors (Lipinski definition) is 3. The van der Waals surface area contributed by atoms with Crippen molar-refractivity contribution in [2.24, 2.45) is 0 Å². The SMILES string of the molecule is N#CCc1ccc(S(=O)(=O)NCC(F)(F)C(F)F)cc1. The van der Waals surface area contributed by atoms with E-state index in [1.165, 1.54) is 16.9 Å². The fourth-order valence-corrected chi connectivity index (χ4v) is 2.27. The molecule has 0 atom stereocenters. The van der Waals surface area contributed by atoms with E-state index in [0.717, 1.165) is 12.1 Å². The van der Waals surface area contributed by atoms with Gasteiger partial charge in [0.25, 0.3) is 0 Å². The van der Waals surface area contributed by atoms with Crippen LogP contribution in [-0.2, 0) is 16.4 Å². The van der Waals surface area contributed by atoms with Crippen LogP contribution in [0.15, 0.2) is 29.2 Å². The van der Waals surface area contributed by atoms with Crippen molar-refractivity contribution in [1.29, 1.82) is 5.26 Å². The number of hydrogen-bond donors (Lipinski definition) is 1. The third-order valence-electron chi connectivity index (χ3n) is 2.33. The molecule has 0 spiro atoms. The first-order valence-electron chi connectivity index (χ1n) is 5.30. The summed E-state index contributed by atoms with van der Waals surface area (Å²) in [6.45, 7) is -1.69. The second-order valence-corrected chi connectivity index (χ2v) is 5.63. The van der Waals surface area contributed by atoms with Gasteiger partial charge in [0, 0.05) is 0 Å². The van der Waals surface area contributed by atoms with Crippen LogP contribution in [0.3, 0.4) is 0 Å². The molecule has 9 heteroatoms. The van der Waals surface area contributed by atoms with Crippen molar-refractivity contribution < 1.29 is 26.0 Å². The predicted octanol–water partition coefficient (Wildman–Crippen LogP) is 1.93. The quantitative estimate of drug-likeness (QED) is 0.816. The fraction of sp³-hybridized carbons (Fsp3) is 0.364. The lowest BCUT2D eigenvalue weighted by molar-refractivity contribution is -0.122. The molecule has 20 heavy (non-hydrogen) atoms. The van der Waals surface area contributed by atoms with Crippen LogP contribution in [-0.4, -0.2) is 27.3 Å². The Labute approximate surface area is 113 Å². The van der Waals surface area contributed by atoms with E-state index in [0.29, 0.717) is 5.56 Å². The Hall–Kier alpha value is -1.66. The first kappa shape index (κ1) is 16.4. The molecule has 1 rings (SSSR count). The maximum Gasteiger partial charge on any atom is 0.320 e. The summed E-state index contributed by atoms with van der Waals surface area (Å²) in [7, 11) is -4.30. The van der Waals surface area contributed by atoms with Crippen molar-refractivity contribution in [3.8, 4) is 6.07 Å². The van der Waals surface area contributed by atoms with Gasteiger partial charge in [-0.1, -0.05) is 12.1 Å². The molecule has 0 aliphatic carbocycles. The Balaban J connectivity index is 2.82. The number of nitriles is 1. The van der Waals surface area contributed by atoms with E-state index in [-0.39, 0.29) is 11.3 Å². The van der Waals surface area contributed by atoms with E-state index < -0.39 is 28.9 Å². The monoisotopic (exact) mass is 310 g/mol. The van der Waals surface area contributed by atoms with Crippen LogP contribution in [0.5, 0.6) is 0 Å². The van der Waals surface area contributed by atoms with E-state index in [2.05, 4.69) is 0 Å². The number of nitrogens with one attached hydrogen (secondary N) is 1. The average molecular weight is 310 g/mol. The number of halogens is 4. The Kier molecular flexibility index (Phi) is 5.08. The smallest absolute Gasteiger partial charge is 0.207 e. The summed E-state index contributed by atoms with van der Waals surface area (Å²) < 4.78 is 73.8. The normalized spacial score (nSPS) is 12.4. The molecule has 1 N–H and O–H groups in total. The number of rotatable bonds is 6. The Bertz CT molecular complexity index is 594. The number of benzene rings is 1. The lowest BCUT2D eigenvalue weighted by Gasteiger charge is -2.15. The lowest BCUT2D eigenvalue weighted by Crippen LogP contribution is -2.41. The van der Waals surface area contributed by atoms with Gasteiger partial charge in [-0.25, -0.2) is 21.9 Å². The Morgan fingerprint density at radius 2 is 1.80 bits per heavy atom. The molecule has 0 unspecified atom stereocenters. The highest BCUT2D eigenvalue weighted by Crippen LogP contribution is 2.22. The summed E-state index contributed by atoms with van der Waals surface area (Å²) in [6.07, 6.45) is -3.89. The second kappa shape index (κ2) is 6.19. The van der Waals surface area contributed by atoms with E-state index in [1.807, 2.05) is 6.07 Å². The van der Waals surface area contributed by atoms with Gasteiger partial charge < -0.3 is 0 Å². The minimum atomic E-state index is -4.44. The van der Waals surface area contributed by atoms with Crippen LogP contribution in [0.1, 0.15) is 5.56 Å². The van der Waals surface area contributed by atoms with Crippen molar-refractivity contribution >= 4 is 10.0 Å². The zero-order valence-corrected chi connectivity index (χ0v) is 10.8. The van der Waals surface area contributed by atoms with Gasteiger partial charge in [-0.2, -0.15) is 14.0 Å². The van der Waals surface area contributed by atoms with E-state index >= 15 is 0 Å². The van der Waals surface area contributed by atoms with Gasteiger partial charge in [-0.3, -0.25) is 0 Å². The first-order chi connectivity index (χ1) is 9.19. The van der Waals surface area contributed by atoms with E-state index in [1.54, 1.807) is 0 Å².